The molecule has 5 nitrogen and oxygen atoms in total. The van der Waals surface area contributed by atoms with Crippen molar-refractivity contribution in [2.24, 2.45) is 5.10 Å². The number of carbonyl (C=O) groups excluding carboxylic acids is 1. The van der Waals surface area contributed by atoms with Crippen LogP contribution in [0.1, 0.15) is 15.9 Å². The number of nitrogens with zero attached hydrogens (tertiary/aromatic N) is 3. The molecule has 2 aromatic carbocycles. The smallest absolute Gasteiger partial charge is 0.271 e. The molecule has 0 fully saturated rings. The number of hydrogen-bond donors (Lipinski definition) is 1. The molecule has 0 saturated heterocycles. The Bertz CT molecular complexity index is 969. The van der Waals surface area contributed by atoms with Crippen LogP contribution in [0.25, 0.3) is 10.9 Å². The van der Waals surface area contributed by atoms with E-state index in [0.717, 1.165) is 22.5 Å². The van der Waals surface area contributed by atoms with Crippen molar-refractivity contribution in [1.29, 1.82) is 5.26 Å². The highest BCUT2D eigenvalue weighted by Gasteiger charge is 2.07. The number of halogens is 1. The molecule has 118 valence electrons. The Morgan fingerprint density at radius 2 is 2.12 bits per heavy atom. The van der Waals surface area contributed by atoms with Crippen LogP contribution in [0.3, 0.4) is 0 Å². The van der Waals surface area contributed by atoms with Crippen LogP contribution < -0.4 is 5.43 Å². The van der Waals surface area contributed by atoms with E-state index in [1.807, 2.05) is 28.8 Å². The summed E-state index contributed by atoms with van der Waals surface area (Å²) in [7, 11) is 0. The van der Waals surface area contributed by atoms with Crippen molar-refractivity contribution in [3.05, 3.63) is 71.7 Å². The number of aromatic nitrogens is 1. The zero-order chi connectivity index (χ0) is 16.9. The van der Waals surface area contributed by atoms with Crippen molar-refractivity contribution < 1.29 is 9.18 Å². The summed E-state index contributed by atoms with van der Waals surface area (Å²) in [5.41, 5.74) is 4.26. The van der Waals surface area contributed by atoms with Gasteiger partial charge in [-0.25, -0.2) is 9.82 Å². The van der Waals surface area contributed by atoms with E-state index in [9.17, 15) is 9.18 Å². The number of nitriles is 1. The summed E-state index contributed by atoms with van der Waals surface area (Å²) in [5.74, 6) is -0.974. The fraction of sp³-hybridized carbons (Fsp3) is 0.0556. The molecule has 0 radical (unpaired) electrons. The van der Waals surface area contributed by atoms with Crippen molar-refractivity contribution in [1.82, 2.24) is 9.99 Å². The van der Waals surface area contributed by atoms with E-state index in [1.54, 1.807) is 6.20 Å². The number of para-hydroxylation sites is 1. The largest absolute Gasteiger partial charge is 0.333 e. The van der Waals surface area contributed by atoms with Gasteiger partial charge in [0, 0.05) is 28.2 Å². The monoisotopic (exact) mass is 320 g/mol. The molecule has 0 aliphatic carbocycles. The van der Waals surface area contributed by atoms with Crippen molar-refractivity contribution in [2.75, 3.05) is 0 Å². The maximum absolute atomic E-state index is 13.1. The first-order valence-electron chi connectivity index (χ1n) is 7.23. The molecule has 3 rings (SSSR count). The summed E-state index contributed by atoms with van der Waals surface area (Å²) in [5, 5.41) is 13.7. The lowest BCUT2D eigenvalue weighted by atomic mass is 10.2. The Kier molecular flexibility index (Phi) is 4.34. The minimum absolute atomic E-state index is 0.194. The second-order valence-electron chi connectivity index (χ2n) is 5.10. The zero-order valence-electron chi connectivity index (χ0n) is 12.6. The van der Waals surface area contributed by atoms with Gasteiger partial charge in [0.15, 0.2) is 0 Å². The number of amides is 1. The lowest BCUT2D eigenvalue weighted by molar-refractivity contribution is 0.0954. The van der Waals surface area contributed by atoms with Gasteiger partial charge in [-0.1, -0.05) is 24.3 Å². The van der Waals surface area contributed by atoms with Crippen molar-refractivity contribution in [3.63, 3.8) is 0 Å². The first-order chi connectivity index (χ1) is 11.7. The molecule has 1 aromatic heterocycles. The van der Waals surface area contributed by atoms with Crippen LogP contribution >= 0.6 is 0 Å². The molecule has 1 heterocycles. The molecule has 0 atom stereocenters. The lowest BCUT2D eigenvalue weighted by Gasteiger charge is -1.99. The predicted molar refractivity (Wildman–Crippen MR) is 89.0 cm³/mol. The Labute approximate surface area is 137 Å². The molecule has 6 heteroatoms. The van der Waals surface area contributed by atoms with Crippen LogP contribution in [-0.4, -0.2) is 16.7 Å². The quantitative estimate of drug-likeness (QED) is 0.593. The number of hydrazone groups is 1. The fourth-order valence-corrected chi connectivity index (χ4v) is 2.44. The predicted octanol–water partition coefficient (Wildman–Crippen LogP) is 3.07. The van der Waals surface area contributed by atoms with Gasteiger partial charge >= 0.3 is 0 Å². The Morgan fingerprint density at radius 1 is 1.29 bits per heavy atom. The highest BCUT2D eigenvalue weighted by Crippen LogP contribution is 2.19. The van der Waals surface area contributed by atoms with Gasteiger partial charge in [0.2, 0.25) is 0 Å². The Morgan fingerprint density at radius 3 is 2.92 bits per heavy atom. The van der Waals surface area contributed by atoms with Crippen LogP contribution in [0.4, 0.5) is 4.39 Å². The van der Waals surface area contributed by atoms with Crippen LogP contribution in [-0.2, 0) is 6.54 Å². The number of benzene rings is 2. The van der Waals surface area contributed by atoms with E-state index in [2.05, 4.69) is 16.6 Å². The Hall–Kier alpha value is -3.46. The van der Waals surface area contributed by atoms with E-state index in [1.165, 1.54) is 24.4 Å². The summed E-state index contributed by atoms with van der Waals surface area (Å²) in [6.07, 6.45) is 3.30. The Balaban J connectivity index is 1.81. The number of rotatable bonds is 4. The average Bonchev–Trinajstić information content (AvgIpc) is 2.93. The molecule has 3 aromatic rings. The summed E-state index contributed by atoms with van der Waals surface area (Å²) < 4.78 is 14.9. The SMILES string of the molecule is N#CCn1cc(/C=N\NC(=O)c2cccc(F)c2)c2ccccc21. The number of carbonyl (C=O) groups is 1. The molecular weight excluding hydrogens is 307 g/mol. The van der Waals surface area contributed by atoms with Crippen LogP contribution in [0.2, 0.25) is 0 Å². The second kappa shape index (κ2) is 6.75. The van der Waals surface area contributed by atoms with Gasteiger partial charge in [-0.3, -0.25) is 4.79 Å². The van der Waals surface area contributed by atoms with Crippen molar-refractivity contribution in [2.45, 2.75) is 6.54 Å². The molecule has 24 heavy (non-hydrogen) atoms. The lowest BCUT2D eigenvalue weighted by Crippen LogP contribution is -2.17. The summed E-state index contributed by atoms with van der Waals surface area (Å²) >= 11 is 0. The molecule has 0 unspecified atom stereocenters. The summed E-state index contributed by atoms with van der Waals surface area (Å²) in [6, 6.07) is 15.1. The first kappa shape index (κ1) is 15.4. The summed E-state index contributed by atoms with van der Waals surface area (Å²) in [6.45, 7) is 0.226. The average molecular weight is 320 g/mol. The molecule has 0 spiro atoms. The van der Waals surface area contributed by atoms with Crippen LogP contribution in [0, 0.1) is 17.1 Å². The molecular formula is C18H13FN4O. The van der Waals surface area contributed by atoms with Crippen molar-refractivity contribution in [3.8, 4) is 6.07 Å². The first-order valence-corrected chi connectivity index (χ1v) is 7.23. The van der Waals surface area contributed by atoms with Gasteiger partial charge in [0.05, 0.1) is 12.3 Å². The van der Waals surface area contributed by atoms with E-state index in [-0.39, 0.29) is 12.1 Å². The highest BCUT2D eigenvalue weighted by molar-refractivity contribution is 6.00. The topological polar surface area (TPSA) is 70.2 Å². The molecule has 0 saturated carbocycles. The van der Waals surface area contributed by atoms with Crippen LogP contribution in [0.5, 0.6) is 0 Å². The van der Waals surface area contributed by atoms with Gasteiger partial charge in [-0.05, 0) is 24.3 Å². The molecule has 0 aliphatic heterocycles. The van der Waals surface area contributed by atoms with Gasteiger partial charge in [0.1, 0.15) is 12.4 Å². The van der Waals surface area contributed by atoms with E-state index in [0.29, 0.717) is 0 Å². The zero-order valence-corrected chi connectivity index (χ0v) is 12.6. The second-order valence-corrected chi connectivity index (χ2v) is 5.10. The molecule has 0 bridgehead atoms. The molecule has 1 amide bonds. The van der Waals surface area contributed by atoms with E-state index in [4.69, 9.17) is 5.26 Å². The maximum atomic E-state index is 13.1. The third-order valence-corrected chi connectivity index (χ3v) is 3.52. The van der Waals surface area contributed by atoms with Crippen molar-refractivity contribution >= 4 is 23.0 Å². The minimum atomic E-state index is -0.494. The highest BCUT2D eigenvalue weighted by atomic mass is 19.1. The maximum Gasteiger partial charge on any atom is 0.271 e. The third kappa shape index (κ3) is 3.15. The van der Waals surface area contributed by atoms with Gasteiger partial charge in [-0.15, -0.1) is 0 Å². The minimum Gasteiger partial charge on any atom is -0.333 e. The fourth-order valence-electron chi connectivity index (χ4n) is 2.44. The van der Waals surface area contributed by atoms with Gasteiger partial charge < -0.3 is 4.57 Å². The number of nitrogens with one attached hydrogen (secondary N) is 1. The van der Waals surface area contributed by atoms with Gasteiger partial charge in [-0.2, -0.15) is 10.4 Å². The number of hydrogen-bond acceptors (Lipinski definition) is 3. The number of fused-ring (bicyclic) bond motifs is 1. The molecule has 0 aliphatic rings. The standard InChI is InChI=1S/C18H13FN4O/c19-15-5-3-4-13(10-15)18(24)22-21-11-14-12-23(9-8-20)17-7-2-1-6-16(14)17/h1-7,10-12H,9H2,(H,22,24)/b21-11-. The van der Waals surface area contributed by atoms with Crippen LogP contribution in [0.15, 0.2) is 59.8 Å². The third-order valence-electron chi connectivity index (χ3n) is 3.52. The van der Waals surface area contributed by atoms with E-state index >= 15 is 0 Å². The normalized spacial score (nSPS) is 10.8. The summed E-state index contributed by atoms with van der Waals surface area (Å²) in [4.78, 5) is 11.9. The van der Waals surface area contributed by atoms with Gasteiger partial charge in [0.25, 0.3) is 5.91 Å². The molecule has 1 N–H and O–H groups in total. The van der Waals surface area contributed by atoms with E-state index < -0.39 is 11.7 Å².